The first-order valence-corrected chi connectivity index (χ1v) is 7.91. The lowest BCUT2D eigenvalue weighted by atomic mass is 9.71. The van der Waals surface area contributed by atoms with Crippen LogP contribution in [-0.2, 0) is 11.8 Å². The van der Waals surface area contributed by atoms with Gasteiger partial charge in [-0.25, -0.2) is 0 Å². The summed E-state index contributed by atoms with van der Waals surface area (Å²) in [6.07, 6.45) is 0.360. The van der Waals surface area contributed by atoms with E-state index in [-0.39, 0.29) is 5.69 Å². The molecule has 25 heavy (non-hydrogen) atoms. The summed E-state index contributed by atoms with van der Waals surface area (Å²) in [6.45, 7) is 0. The topological polar surface area (TPSA) is 66.9 Å². The Labute approximate surface area is 146 Å². The van der Waals surface area contributed by atoms with Crippen molar-refractivity contribution >= 4 is 5.69 Å². The lowest BCUT2D eigenvalue weighted by Gasteiger charge is -2.28. The van der Waals surface area contributed by atoms with E-state index < -0.39 is 10.3 Å². The van der Waals surface area contributed by atoms with E-state index in [0.717, 1.165) is 16.7 Å². The number of benzene rings is 3. The number of rotatable bonds is 5. The lowest BCUT2D eigenvalue weighted by molar-refractivity contribution is -0.384. The van der Waals surface area contributed by atoms with Crippen LogP contribution in [0.3, 0.4) is 0 Å². The molecule has 0 aliphatic heterocycles. The summed E-state index contributed by atoms with van der Waals surface area (Å²) in [5, 5.41) is 21.2. The number of nitro benzene ring substituents is 1. The highest BCUT2D eigenvalue weighted by Crippen LogP contribution is 2.35. The van der Waals surface area contributed by atoms with E-state index in [2.05, 4.69) is 6.07 Å². The summed E-state index contributed by atoms with van der Waals surface area (Å²) in [7, 11) is 0. The van der Waals surface area contributed by atoms with Gasteiger partial charge in [0.1, 0.15) is 5.41 Å². The van der Waals surface area contributed by atoms with Crippen molar-refractivity contribution < 1.29 is 4.92 Å². The Morgan fingerprint density at radius 2 is 1.44 bits per heavy atom. The second kappa shape index (κ2) is 6.98. The Morgan fingerprint density at radius 1 is 0.880 bits per heavy atom. The van der Waals surface area contributed by atoms with Crippen molar-refractivity contribution in [1.29, 1.82) is 5.26 Å². The molecule has 0 fully saturated rings. The Balaban J connectivity index is 2.14. The second-order valence-electron chi connectivity index (χ2n) is 5.85. The van der Waals surface area contributed by atoms with Gasteiger partial charge in [-0.1, -0.05) is 72.8 Å². The predicted molar refractivity (Wildman–Crippen MR) is 96.1 cm³/mol. The molecule has 0 saturated heterocycles. The maximum absolute atomic E-state index is 11.1. The van der Waals surface area contributed by atoms with Crippen LogP contribution in [0, 0.1) is 21.4 Å². The van der Waals surface area contributed by atoms with Crippen LogP contribution < -0.4 is 0 Å². The van der Waals surface area contributed by atoms with E-state index >= 15 is 0 Å². The van der Waals surface area contributed by atoms with Crippen LogP contribution in [0.2, 0.25) is 0 Å². The molecule has 0 amide bonds. The molecule has 0 spiro atoms. The highest BCUT2D eigenvalue weighted by molar-refractivity contribution is 5.49. The molecule has 0 N–H and O–H groups in total. The average Bonchev–Trinajstić information content (AvgIpc) is 2.68. The summed E-state index contributed by atoms with van der Waals surface area (Å²) in [5.41, 5.74) is 1.62. The summed E-state index contributed by atoms with van der Waals surface area (Å²) >= 11 is 0. The van der Waals surface area contributed by atoms with Crippen molar-refractivity contribution in [2.75, 3.05) is 0 Å². The first-order valence-electron chi connectivity index (χ1n) is 7.91. The third-order valence-electron chi connectivity index (χ3n) is 4.31. The van der Waals surface area contributed by atoms with Crippen molar-refractivity contribution in [3.63, 3.8) is 0 Å². The number of hydrogen-bond acceptors (Lipinski definition) is 3. The van der Waals surface area contributed by atoms with Crippen LogP contribution >= 0.6 is 0 Å². The summed E-state index contributed by atoms with van der Waals surface area (Å²) in [6, 6.07) is 28.1. The zero-order valence-electron chi connectivity index (χ0n) is 13.5. The largest absolute Gasteiger partial charge is 0.269 e. The molecule has 0 aliphatic rings. The minimum absolute atomic E-state index is 0.0328. The Morgan fingerprint density at radius 3 is 1.92 bits per heavy atom. The third kappa shape index (κ3) is 3.26. The smallest absolute Gasteiger partial charge is 0.258 e. The molecule has 0 radical (unpaired) electrons. The highest BCUT2D eigenvalue weighted by atomic mass is 16.6. The summed E-state index contributed by atoms with van der Waals surface area (Å²) in [5.74, 6) is 0. The molecule has 4 heteroatoms. The van der Waals surface area contributed by atoms with Crippen molar-refractivity contribution in [2.45, 2.75) is 11.8 Å². The van der Waals surface area contributed by atoms with Gasteiger partial charge in [0.2, 0.25) is 0 Å². The van der Waals surface area contributed by atoms with Crippen LogP contribution in [-0.4, -0.2) is 4.92 Å². The molecule has 122 valence electrons. The van der Waals surface area contributed by atoms with Crippen molar-refractivity contribution in [3.05, 3.63) is 112 Å². The van der Waals surface area contributed by atoms with Crippen LogP contribution in [0.4, 0.5) is 5.69 Å². The van der Waals surface area contributed by atoms with Gasteiger partial charge in [-0.2, -0.15) is 5.26 Å². The minimum atomic E-state index is -0.905. The van der Waals surface area contributed by atoms with Crippen molar-refractivity contribution in [1.82, 2.24) is 0 Å². The first-order chi connectivity index (χ1) is 12.2. The molecule has 0 heterocycles. The Hall–Kier alpha value is -3.45. The highest BCUT2D eigenvalue weighted by Gasteiger charge is 2.35. The predicted octanol–water partition coefficient (Wildman–Crippen LogP) is 4.65. The van der Waals surface area contributed by atoms with E-state index in [1.807, 2.05) is 66.7 Å². The molecular weight excluding hydrogens is 312 g/mol. The molecule has 0 aromatic heterocycles. The standard InChI is InChI=1S/C21H16N2O2/c22-16-21(18-9-3-1-4-10-18,19-11-5-2-6-12-19)15-17-8-7-13-20(14-17)23(24)25/h1-14H,15H2. The van der Waals surface area contributed by atoms with Gasteiger partial charge in [-0.05, 0) is 23.1 Å². The van der Waals surface area contributed by atoms with Gasteiger partial charge < -0.3 is 0 Å². The van der Waals surface area contributed by atoms with Gasteiger partial charge in [0.15, 0.2) is 0 Å². The van der Waals surface area contributed by atoms with Gasteiger partial charge >= 0.3 is 0 Å². The normalized spacial score (nSPS) is 10.8. The molecule has 0 bridgehead atoms. The zero-order chi connectivity index (χ0) is 17.7. The van der Waals surface area contributed by atoms with E-state index in [4.69, 9.17) is 0 Å². The lowest BCUT2D eigenvalue weighted by Crippen LogP contribution is -2.28. The molecule has 0 unspecified atom stereocenters. The third-order valence-corrected chi connectivity index (χ3v) is 4.31. The number of nitro groups is 1. The molecule has 0 saturated carbocycles. The summed E-state index contributed by atoms with van der Waals surface area (Å²) in [4.78, 5) is 10.7. The Bertz CT molecular complexity index is 876. The molecular formula is C21H16N2O2. The second-order valence-corrected chi connectivity index (χ2v) is 5.85. The average molecular weight is 328 g/mol. The minimum Gasteiger partial charge on any atom is -0.258 e. The van der Waals surface area contributed by atoms with Crippen LogP contribution in [0.5, 0.6) is 0 Å². The SMILES string of the molecule is N#CC(Cc1cccc([N+](=O)[O-])c1)(c1ccccc1)c1ccccc1. The van der Waals surface area contributed by atoms with Crippen LogP contribution in [0.1, 0.15) is 16.7 Å². The monoisotopic (exact) mass is 328 g/mol. The van der Waals surface area contributed by atoms with Gasteiger partial charge in [-0.3, -0.25) is 10.1 Å². The van der Waals surface area contributed by atoms with Crippen molar-refractivity contribution in [2.24, 2.45) is 0 Å². The number of nitrogens with zero attached hydrogens (tertiary/aromatic N) is 2. The fourth-order valence-corrected chi connectivity index (χ4v) is 3.07. The van der Waals surface area contributed by atoms with E-state index in [1.54, 1.807) is 6.07 Å². The maximum Gasteiger partial charge on any atom is 0.269 e. The number of non-ortho nitro benzene ring substituents is 1. The molecule has 0 aliphatic carbocycles. The van der Waals surface area contributed by atoms with Gasteiger partial charge in [0, 0.05) is 12.1 Å². The first kappa shape index (κ1) is 16.4. The van der Waals surface area contributed by atoms with Gasteiger partial charge in [-0.15, -0.1) is 0 Å². The molecule has 3 rings (SSSR count). The van der Waals surface area contributed by atoms with Crippen LogP contribution in [0.25, 0.3) is 0 Å². The van der Waals surface area contributed by atoms with E-state index in [9.17, 15) is 15.4 Å². The zero-order valence-corrected chi connectivity index (χ0v) is 13.5. The van der Waals surface area contributed by atoms with Gasteiger partial charge in [0.05, 0.1) is 11.0 Å². The molecule has 4 nitrogen and oxygen atoms in total. The molecule has 3 aromatic carbocycles. The van der Waals surface area contributed by atoms with Gasteiger partial charge in [0.25, 0.3) is 5.69 Å². The maximum atomic E-state index is 11.1. The van der Waals surface area contributed by atoms with Crippen molar-refractivity contribution in [3.8, 4) is 6.07 Å². The quantitative estimate of drug-likeness (QED) is 0.506. The number of nitriles is 1. The Kier molecular flexibility index (Phi) is 4.58. The van der Waals surface area contributed by atoms with Crippen LogP contribution in [0.15, 0.2) is 84.9 Å². The van der Waals surface area contributed by atoms with E-state index in [0.29, 0.717) is 6.42 Å². The molecule has 3 aromatic rings. The fourth-order valence-electron chi connectivity index (χ4n) is 3.07. The summed E-state index contributed by atoms with van der Waals surface area (Å²) < 4.78 is 0. The fraction of sp³-hybridized carbons (Fsp3) is 0.0952. The molecule has 0 atom stereocenters. The van der Waals surface area contributed by atoms with E-state index in [1.165, 1.54) is 12.1 Å². The number of hydrogen-bond donors (Lipinski definition) is 0.